The molecule has 3 rings (SSSR count). The summed E-state index contributed by atoms with van der Waals surface area (Å²) in [4.78, 5) is 28.7. The average molecular weight is 392 g/mol. The first-order valence-corrected chi connectivity index (χ1v) is 11.6. The number of rotatable bonds is 5. The number of ketones is 1. The Morgan fingerprint density at radius 3 is 2.85 bits per heavy atom. The first-order chi connectivity index (χ1) is 12.8. The molecule has 0 amide bonds. The molecule has 5 heteroatoms. The van der Waals surface area contributed by atoms with Gasteiger partial charge in [0.05, 0.1) is 11.5 Å². The van der Waals surface area contributed by atoms with Crippen LogP contribution in [0.3, 0.4) is 0 Å². The maximum Gasteiger partial charge on any atom is 0.316 e. The summed E-state index contributed by atoms with van der Waals surface area (Å²) < 4.78 is 6.04. The number of carbonyl (C=O) groups is 2. The fourth-order valence-corrected chi connectivity index (χ4v) is 6.54. The topological polar surface area (TPSA) is 47.7 Å². The van der Waals surface area contributed by atoms with Gasteiger partial charge >= 0.3 is 5.97 Å². The van der Waals surface area contributed by atoms with Crippen LogP contribution in [0, 0.1) is 35.2 Å². The fourth-order valence-electron chi connectivity index (χ4n) is 5.94. The van der Waals surface area contributed by atoms with E-state index in [9.17, 15) is 9.59 Å². The zero-order valence-electron chi connectivity index (χ0n) is 17.0. The van der Waals surface area contributed by atoms with Crippen molar-refractivity contribution in [3.8, 4) is 0 Å². The van der Waals surface area contributed by atoms with Crippen LogP contribution in [0.25, 0.3) is 4.85 Å². The number of nitrogens with zero attached hydrogens (tertiary/aromatic N) is 1. The number of hydrogen-bond acceptors (Lipinski definition) is 4. The molecule has 0 aromatic rings. The van der Waals surface area contributed by atoms with Crippen LogP contribution >= 0.6 is 11.8 Å². The number of thioether (sulfide) groups is 1. The maximum absolute atomic E-state index is 12.9. The first-order valence-electron chi connectivity index (χ1n) is 10.4. The van der Waals surface area contributed by atoms with E-state index in [2.05, 4.69) is 25.6 Å². The molecule has 3 unspecified atom stereocenters. The van der Waals surface area contributed by atoms with Crippen LogP contribution in [-0.2, 0) is 14.3 Å². The highest BCUT2D eigenvalue weighted by Crippen LogP contribution is 2.61. The predicted octanol–water partition coefficient (Wildman–Crippen LogP) is 4.77. The van der Waals surface area contributed by atoms with Crippen molar-refractivity contribution in [1.82, 2.24) is 0 Å². The number of carbonyl (C=O) groups excluding carboxylic acids is 2. The molecule has 0 aliphatic heterocycles. The Hall–Kier alpha value is -1.02. The van der Waals surface area contributed by atoms with Gasteiger partial charge in [-0.2, -0.15) is 0 Å². The van der Waals surface area contributed by atoms with Gasteiger partial charge in [0.15, 0.2) is 0 Å². The highest BCUT2D eigenvalue weighted by atomic mass is 32.2. The van der Waals surface area contributed by atoms with Crippen molar-refractivity contribution in [3.63, 3.8) is 0 Å². The van der Waals surface area contributed by atoms with E-state index in [1.54, 1.807) is 0 Å². The Morgan fingerprint density at radius 2 is 2.11 bits per heavy atom. The van der Waals surface area contributed by atoms with Crippen LogP contribution < -0.4 is 0 Å². The van der Waals surface area contributed by atoms with E-state index in [0.29, 0.717) is 36.2 Å². The molecule has 0 aromatic carbocycles. The molecule has 3 aliphatic rings. The zero-order valence-corrected chi connectivity index (χ0v) is 17.8. The predicted molar refractivity (Wildman–Crippen MR) is 108 cm³/mol. The van der Waals surface area contributed by atoms with Gasteiger partial charge in [-0.3, -0.25) is 9.59 Å². The van der Waals surface area contributed by atoms with Crippen LogP contribution in [0.5, 0.6) is 0 Å². The Balaban J connectivity index is 1.80. The van der Waals surface area contributed by atoms with Crippen molar-refractivity contribution in [2.45, 2.75) is 71.8 Å². The molecule has 4 nitrogen and oxygen atoms in total. The van der Waals surface area contributed by atoms with Crippen molar-refractivity contribution < 1.29 is 14.3 Å². The molecule has 150 valence electrons. The van der Waals surface area contributed by atoms with Crippen molar-refractivity contribution in [1.29, 1.82) is 0 Å². The van der Waals surface area contributed by atoms with Crippen LogP contribution in [0.2, 0.25) is 0 Å². The van der Waals surface area contributed by atoms with E-state index in [4.69, 9.17) is 11.3 Å². The number of esters is 1. The average Bonchev–Trinajstić information content (AvgIpc) is 2.94. The Kier molecular flexibility index (Phi) is 6.25. The van der Waals surface area contributed by atoms with E-state index in [0.717, 1.165) is 38.5 Å². The van der Waals surface area contributed by atoms with Gasteiger partial charge in [-0.1, -0.05) is 27.2 Å². The highest BCUT2D eigenvalue weighted by molar-refractivity contribution is 7.99. The van der Waals surface area contributed by atoms with Crippen molar-refractivity contribution in [2.75, 3.05) is 18.1 Å². The minimum Gasteiger partial charge on any atom is -0.461 e. The number of ether oxygens (including phenoxy) is 1. The number of Topliss-reactive ketones (excluding diaryl/α,β-unsaturated/α-hetero) is 1. The molecule has 3 aliphatic carbocycles. The van der Waals surface area contributed by atoms with E-state index < -0.39 is 0 Å². The summed E-state index contributed by atoms with van der Waals surface area (Å²) in [5.74, 6) is 2.01. The second-order valence-electron chi connectivity index (χ2n) is 9.62. The largest absolute Gasteiger partial charge is 0.461 e. The van der Waals surface area contributed by atoms with Gasteiger partial charge in [0.1, 0.15) is 11.9 Å². The van der Waals surface area contributed by atoms with Crippen LogP contribution in [-0.4, -0.2) is 35.9 Å². The van der Waals surface area contributed by atoms with Crippen molar-refractivity contribution in [2.24, 2.45) is 28.6 Å². The third-order valence-corrected chi connectivity index (χ3v) is 8.53. The lowest BCUT2D eigenvalue weighted by atomic mass is 9.53. The minimum atomic E-state index is -0.180. The normalized spacial score (nSPS) is 37.6. The van der Waals surface area contributed by atoms with Gasteiger partial charge < -0.3 is 9.58 Å². The summed E-state index contributed by atoms with van der Waals surface area (Å²) >= 11 is 1.47. The van der Waals surface area contributed by atoms with Gasteiger partial charge in [-0.05, 0) is 48.9 Å². The second-order valence-corrected chi connectivity index (χ2v) is 10.7. The molecule has 0 N–H and O–H groups in total. The summed E-state index contributed by atoms with van der Waals surface area (Å²) in [6, 6.07) is 0. The molecule has 2 bridgehead atoms. The summed E-state index contributed by atoms with van der Waals surface area (Å²) in [5.41, 5.74) is 0.244. The highest BCUT2D eigenvalue weighted by Gasteiger charge is 2.58. The smallest absolute Gasteiger partial charge is 0.316 e. The summed E-state index contributed by atoms with van der Waals surface area (Å²) in [7, 11) is 0. The van der Waals surface area contributed by atoms with E-state index in [-0.39, 0.29) is 34.7 Å². The fraction of sp³-hybridized carbons (Fsp3) is 0.864. The summed E-state index contributed by atoms with van der Waals surface area (Å²) in [5, 5.41) is 0. The van der Waals surface area contributed by atoms with E-state index in [1.807, 2.05) is 0 Å². The first kappa shape index (κ1) is 20.7. The molecule has 0 heterocycles. The van der Waals surface area contributed by atoms with Gasteiger partial charge in [-0.15, -0.1) is 11.8 Å². The second kappa shape index (κ2) is 8.15. The Bertz CT molecular complexity index is 626. The lowest BCUT2D eigenvalue weighted by molar-refractivity contribution is -0.162. The minimum absolute atomic E-state index is 0.0948. The summed E-state index contributed by atoms with van der Waals surface area (Å²) in [6.45, 7) is 14.2. The van der Waals surface area contributed by atoms with Gasteiger partial charge in [0.25, 0.3) is 0 Å². The van der Waals surface area contributed by atoms with Crippen molar-refractivity contribution in [3.05, 3.63) is 11.4 Å². The van der Waals surface area contributed by atoms with Crippen molar-refractivity contribution >= 4 is 23.5 Å². The quantitative estimate of drug-likeness (QED) is 0.385. The molecule has 0 saturated heterocycles. The standard InChI is InChI=1S/C22H33NO3S/c1-15-12-22-8-5-6-16(20(22)17(24)7-9-22)18(13-21(15,2)3)26-19(25)14-27-11-10-23-4/h15-16,18,20H,5-14H2,1-3H3/t15-,16?,18+,20?,22?/m0/s1. The third kappa shape index (κ3) is 4.21. The van der Waals surface area contributed by atoms with Crippen LogP contribution in [0.15, 0.2) is 0 Å². The van der Waals surface area contributed by atoms with E-state index >= 15 is 0 Å². The van der Waals surface area contributed by atoms with E-state index in [1.165, 1.54) is 11.8 Å². The molecule has 3 saturated carbocycles. The molecular formula is C22H33NO3S. The maximum atomic E-state index is 12.9. The van der Waals surface area contributed by atoms with Gasteiger partial charge in [-0.25, -0.2) is 6.57 Å². The van der Waals surface area contributed by atoms with Gasteiger partial charge in [0.2, 0.25) is 6.54 Å². The zero-order chi connectivity index (χ0) is 19.7. The van der Waals surface area contributed by atoms with Gasteiger partial charge in [0, 0.05) is 18.3 Å². The molecule has 27 heavy (non-hydrogen) atoms. The molecule has 0 spiro atoms. The third-order valence-electron chi connectivity index (χ3n) is 7.62. The number of hydrogen-bond donors (Lipinski definition) is 0. The Morgan fingerprint density at radius 1 is 1.33 bits per heavy atom. The lowest BCUT2D eigenvalue weighted by Crippen LogP contribution is -2.50. The SMILES string of the molecule is [C-]#[N+]CCSCC(=O)O[C@@H]1CC(C)(C)[C@@H](C)CC23CCCC1C2C(=O)CC3. The monoisotopic (exact) mass is 391 g/mol. The lowest BCUT2D eigenvalue weighted by Gasteiger charge is -2.52. The van der Waals surface area contributed by atoms with Crippen LogP contribution in [0.1, 0.15) is 65.7 Å². The molecule has 0 aromatic heterocycles. The molecule has 0 radical (unpaired) electrons. The molecule has 3 fully saturated rings. The van der Waals surface area contributed by atoms with Crippen LogP contribution in [0.4, 0.5) is 0 Å². The molecule has 5 atom stereocenters. The Labute approximate surface area is 168 Å². The molecular weight excluding hydrogens is 358 g/mol. The summed E-state index contributed by atoms with van der Waals surface area (Å²) in [6.07, 6.45) is 6.89.